The fraction of sp³-hybridized carbons (Fsp3) is 0.333. The van der Waals surface area contributed by atoms with Crippen molar-refractivity contribution in [2.45, 2.75) is 12.5 Å². The zero-order chi connectivity index (χ0) is 12.7. The molecule has 0 fully saturated rings. The quantitative estimate of drug-likeness (QED) is 0.567. The summed E-state index contributed by atoms with van der Waals surface area (Å²) in [6.45, 7) is 0. The molecule has 0 radical (unpaired) electrons. The number of benzene rings is 1. The maximum Gasteiger partial charge on any atom is 0.320 e. The molecule has 5 heteroatoms. The van der Waals surface area contributed by atoms with E-state index in [2.05, 4.69) is 0 Å². The van der Waals surface area contributed by atoms with Gasteiger partial charge in [-0.25, -0.2) is 0 Å². The third-order valence-corrected chi connectivity index (χ3v) is 3.21. The molecule has 0 saturated carbocycles. The van der Waals surface area contributed by atoms with Gasteiger partial charge in [-0.15, -0.1) is 0 Å². The van der Waals surface area contributed by atoms with Gasteiger partial charge in [-0.1, -0.05) is 30.3 Å². The van der Waals surface area contributed by atoms with E-state index in [0.29, 0.717) is 23.5 Å². The van der Waals surface area contributed by atoms with E-state index >= 15 is 0 Å². The first kappa shape index (κ1) is 13.7. The monoisotopic (exact) mass is 253 g/mol. The summed E-state index contributed by atoms with van der Waals surface area (Å²) in [5, 5.41) is 8.57. The number of hydrogen-bond acceptors (Lipinski definition) is 4. The molecule has 0 aliphatic heterocycles. The number of carbonyl (C=O) groups is 2. The number of ketones is 1. The van der Waals surface area contributed by atoms with Gasteiger partial charge in [0, 0.05) is 5.56 Å². The third-order valence-electron chi connectivity index (χ3n) is 2.22. The van der Waals surface area contributed by atoms with E-state index in [1.807, 2.05) is 18.2 Å². The van der Waals surface area contributed by atoms with E-state index in [9.17, 15) is 9.59 Å². The van der Waals surface area contributed by atoms with Gasteiger partial charge in [-0.05, 0) is 12.2 Å². The Labute approximate surface area is 104 Å². The minimum atomic E-state index is -1.00. The van der Waals surface area contributed by atoms with Gasteiger partial charge in [-0.2, -0.15) is 11.8 Å². The van der Waals surface area contributed by atoms with Crippen molar-refractivity contribution in [3.8, 4) is 0 Å². The molecular formula is C12H15NO3S. The predicted molar refractivity (Wildman–Crippen MR) is 68.3 cm³/mol. The summed E-state index contributed by atoms with van der Waals surface area (Å²) in [6.07, 6.45) is 0.377. The van der Waals surface area contributed by atoms with Gasteiger partial charge in [-0.3, -0.25) is 9.59 Å². The molecule has 0 aliphatic carbocycles. The molecule has 1 rings (SSSR count). The summed E-state index contributed by atoms with van der Waals surface area (Å²) in [7, 11) is 0. The van der Waals surface area contributed by atoms with Gasteiger partial charge in [0.25, 0.3) is 0 Å². The van der Waals surface area contributed by atoms with Crippen LogP contribution in [0.15, 0.2) is 30.3 Å². The van der Waals surface area contributed by atoms with Gasteiger partial charge in [0.2, 0.25) is 0 Å². The molecule has 92 valence electrons. The lowest BCUT2D eigenvalue weighted by Gasteiger charge is -2.05. The van der Waals surface area contributed by atoms with Crippen LogP contribution in [0, 0.1) is 0 Å². The van der Waals surface area contributed by atoms with Crippen molar-refractivity contribution in [1.82, 2.24) is 0 Å². The van der Waals surface area contributed by atoms with Crippen LogP contribution in [0.2, 0.25) is 0 Å². The van der Waals surface area contributed by atoms with Gasteiger partial charge >= 0.3 is 5.97 Å². The number of carbonyl (C=O) groups excluding carboxylic acids is 1. The smallest absolute Gasteiger partial charge is 0.320 e. The molecule has 0 bridgehead atoms. The Morgan fingerprint density at radius 1 is 1.29 bits per heavy atom. The summed E-state index contributed by atoms with van der Waals surface area (Å²) in [4.78, 5) is 22.1. The molecule has 1 aromatic carbocycles. The molecular weight excluding hydrogens is 238 g/mol. The van der Waals surface area contributed by atoms with Crippen molar-refractivity contribution >= 4 is 23.5 Å². The van der Waals surface area contributed by atoms with Crippen molar-refractivity contribution in [3.63, 3.8) is 0 Å². The standard InChI is InChI=1S/C12H15NO3S/c13-10(12(15)16)6-7-17-8-11(14)9-4-2-1-3-5-9/h1-5,10H,6-8,13H2,(H,15,16)/t10-/m0/s1. The van der Waals surface area contributed by atoms with Crippen LogP contribution in [0.5, 0.6) is 0 Å². The maximum absolute atomic E-state index is 11.7. The SMILES string of the molecule is N[C@@H](CCSCC(=O)c1ccccc1)C(=O)O. The van der Waals surface area contributed by atoms with E-state index < -0.39 is 12.0 Å². The second-order valence-electron chi connectivity index (χ2n) is 3.58. The Kier molecular flexibility index (Phi) is 5.72. The molecule has 4 nitrogen and oxygen atoms in total. The average Bonchev–Trinajstić information content (AvgIpc) is 2.35. The molecule has 3 N–H and O–H groups in total. The summed E-state index contributed by atoms with van der Waals surface area (Å²) in [5.74, 6) is -0.0120. The lowest BCUT2D eigenvalue weighted by Crippen LogP contribution is -2.30. The molecule has 0 amide bonds. The molecule has 0 aliphatic rings. The van der Waals surface area contributed by atoms with Gasteiger partial charge in [0.05, 0.1) is 5.75 Å². The highest BCUT2D eigenvalue weighted by molar-refractivity contribution is 7.99. The lowest BCUT2D eigenvalue weighted by atomic mass is 10.2. The van der Waals surface area contributed by atoms with E-state index in [1.54, 1.807) is 12.1 Å². The summed E-state index contributed by atoms with van der Waals surface area (Å²) < 4.78 is 0. The highest BCUT2D eigenvalue weighted by Gasteiger charge is 2.11. The van der Waals surface area contributed by atoms with Gasteiger partial charge in [0.15, 0.2) is 5.78 Å². The van der Waals surface area contributed by atoms with Crippen molar-refractivity contribution in [1.29, 1.82) is 0 Å². The van der Waals surface area contributed by atoms with Crippen molar-refractivity contribution in [3.05, 3.63) is 35.9 Å². The highest BCUT2D eigenvalue weighted by Crippen LogP contribution is 2.09. The average molecular weight is 253 g/mol. The molecule has 1 aromatic rings. The predicted octanol–water partition coefficient (Wildman–Crippen LogP) is 1.40. The minimum absolute atomic E-state index is 0.0551. The van der Waals surface area contributed by atoms with E-state index in [-0.39, 0.29) is 5.78 Å². The molecule has 17 heavy (non-hydrogen) atoms. The number of carboxylic acid groups (broad SMARTS) is 1. The largest absolute Gasteiger partial charge is 0.480 e. The second-order valence-corrected chi connectivity index (χ2v) is 4.68. The number of thioether (sulfide) groups is 1. The Hall–Kier alpha value is -1.33. The number of carboxylic acids is 1. The Balaban J connectivity index is 2.24. The van der Waals surface area contributed by atoms with Gasteiger partial charge < -0.3 is 10.8 Å². The minimum Gasteiger partial charge on any atom is -0.480 e. The highest BCUT2D eigenvalue weighted by atomic mass is 32.2. The van der Waals surface area contributed by atoms with Crippen molar-refractivity contribution in [2.24, 2.45) is 5.73 Å². The van der Waals surface area contributed by atoms with E-state index in [0.717, 1.165) is 0 Å². The van der Waals surface area contributed by atoms with Crippen LogP contribution in [-0.2, 0) is 4.79 Å². The van der Waals surface area contributed by atoms with Crippen LogP contribution in [0.25, 0.3) is 0 Å². The first-order valence-electron chi connectivity index (χ1n) is 5.25. The van der Waals surface area contributed by atoms with Crippen molar-refractivity contribution in [2.75, 3.05) is 11.5 Å². The van der Waals surface area contributed by atoms with Crippen LogP contribution >= 0.6 is 11.8 Å². The number of nitrogens with two attached hydrogens (primary N) is 1. The lowest BCUT2D eigenvalue weighted by molar-refractivity contribution is -0.138. The fourth-order valence-electron chi connectivity index (χ4n) is 1.21. The van der Waals surface area contributed by atoms with E-state index in [1.165, 1.54) is 11.8 Å². The third kappa shape index (κ3) is 5.01. The zero-order valence-electron chi connectivity index (χ0n) is 9.33. The number of Topliss-reactive ketones (excluding diaryl/α,β-unsaturated/α-hetero) is 1. The van der Waals surface area contributed by atoms with E-state index in [4.69, 9.17) is 10.8 Å². The van der Waals surface area contributed by atoms with Gasteiger partial charge in [0.1, 0.15) is 6.04 Å². The number of aliphatic carboxylic acids is 1. The Morgan fingerprint density at radius 2 is 1.94 bits per heavy atom. The Morgan fingerprint density at radius 3 is 2.53 bits per heavy atom. The first-order valence-corrected chi connectivity index (χ1v) is 6.41. The molecule has 1 atom stereocenters. The Bertz CT molecular complexity index is 381. The topological polar surface area (TPSA) is 80.4 Å². The molecule has 0 aromatic heterocycles. The van der Waals surface area contributed by atoms with Crippen LogP contribution in [0.3, 0.4) is 0 Å². The molecule has 0 spiro atoms. The summed E-state index contributed by atoms with van der Waals surface area (Å²) >= 11 is 1.41. The van der Waals surface area contributed by atoms with Crippen LogP contribution < -0.4 is 5.73 Å². The molecule has 0 saturated heterocycles. The first-order chi connectivity index (χ1) is 8.11. The molecule has 0 heterocycles. The number of rotatable bonds is 7. The normalized spacial score (nSPS) is 12.1. The summed E-state index contributed by atoms with van der Waals surface area (Å²) in [6, 6.07) is 8.19. The summed E-state index contributed by atoms with van der Waals surface area (Å²) in [5.41, 5.74) is 6.03. The second kappa shape index (κ2) is 7.09. The van der Waals surface area contributed by atoms with Crippen LogP contribution in [0.1, 0.15) is 16.8 Å². The zero-order valence-corrected chi connectivity index (χ0v) is 10.2. The number of hydrogen-bond donors (Lipinski definition) is 2. The molecule has 0 unspecified atom stereocenters. The van der Waals surface area contributed by atoms with Crippen molar-refractivity contribution < 1.29 is 14.7 Å². The maximum atomic E-state index is 11.7. The fourth-order valence-corrected chi connectivity index (χ4v) is 2.12. The van der Waals surface area contributed by atoms with Crippen LogP contribution in [-0.4, -0.2) is 34.4 Å². The van der Waals surface area contributed by atoms with Crippen LogP contribution in [0.4, 0.5) is 0 Å².